The van der Waals surface area contributed by atoms with Crippen LogP contribution < -0.4 is 5.73 Å². The van der Waals surface area contributed by atoms with Crippen LogP contribution in [0.15, 0.2) is 35.5 Å². The van der Waals surface area contributed by atoms with Crippen molar-refractivity contribution in [3.8, 4) is 0 Å². The highest BCUT2D eigenvalue weighted by atomic mass is 16.2. The first kappa shape index (κ1) is 10.8. The number of hydrogen-bond donors (Lipinski definition) is 2. The monoisotopic (exact) mass is 242 g/mol. The third-order valence-corrected chi connectivity index (χ3v) is 3.34. The van der Waals surface area contributed by atoms with E-state index < -0.39 is 0 Å². The third kappa shape index (κ3) is 1.64. The molecule has 1 atom stereocenters. The van der Waals surface area contributed by atoms with E-state index in [0.717, 1.165) is 16.5 Å². The quantitative estimate of drug-likeness (QED) is 0.792. The van der Waals surface area contributed by atoms with Gasteiger partial charge in [-0.15, -0.1) is 0 Å². The van der Waals surface area contributed by atoms with E-state index >= 15 is 0 Å². The Morgan fingerprint density at radius 2 is 2.28 bits per heavy atom. The van der Waals surface area contributed by atoms with Crippen LogP contribution in [0.5, 0.6) is 0 Å². The van der Waals surface area contributed by atoms with Crippen molar-refractivity contribution >= 4 is 22.8 Å². The van der Waals surface area contributed by atoms with Crippen LogP contribution in [0.25, 0.3) is 10.9 Å². The zero-order chi connectivity index (χ0) is 12.7. The Hall–Kier alpha value is -2.30. The molecule has 1 aliphatic heterocycles. The van der Waals surface area contributed by atoms with E-state index in [2.05, 4.69) is 9.98 Å². The summed E-state index contributed by atoms with van der Waals surface area (Å²) in [5, 5.41) is 1.12. The molecule has 0 aliphatic carbocycles. The number of amides is 1. The summed E-state index contributed by atoms with van der Waals surface area (Å²) < 4.78 is 0. The fourth-order valence-electron chi connectivity index (χ4n) is 2.19. The summed E-state index contributed by atoms with van der Waals surface area (Å²) in [6.07, 6.45) is 2.26. The number of guanidine groups is 1. The highest BCUT2D eigenvalue weighted by Gasteiger charge is 2.25. The number of carbonyl (C=O) groups is 1. The number of nitrogens with zero attached hydrogens (tertiary/aromatic N) is 2. The molecule has 0 radical (unpaired) electrons. The smallest absolute Gasteiger partial charge is 0.231 e. The first-order valence-corrected chi connectivity index (χ1v) is 5.82. The molecule has 3 N–H and O–H groups in total. The van der Waals surface area contributed by atoms with E-state index in [1.165, 1.54) is 4.90 Å². The van der Waals surface area contributed by atoms with Crippen LogP contribution in [0.3, 0.4) is 0 Å². The maximum atomic E-state index is 11.8. The number of carbonyl (C=O) groups excluding carboxylic acids is 1. The second-order valence-corrected chi connectivity index (χ2v) is 4.48. The molecular formula is C13H14N4O. The molecule has 1 unspecified atom stereocenters. The lowest BCUT2D eigenvalue weighted by atomic mass is 10.0. The van der Waals surface area contributed by atoms with Gasteiger partial charge in [0.05, 0.1) is 12.5 Å². The number of aromatic amines is 1. The molecule has 1 aliphatic rings. The van der Waals surface area contributed by atoms with E-state index in [0.29, 0.717) is 6.42 Å². The van der Waals surface area contributed by atoms with Crippen LogP contribution in [-0.2, 0) is 4.79 Å². The van der Waals surface area contributed by atoms with Gasteiger partial charge in [-0.2, -0.15) is 0 Å². The standard InChI is InChI=1S/C13H14N4O/c1-17-12(18)7-11(16-13(17)14)8-2-3-10-9(6-8)4-5-15-10/h2-6,11,15H,7H2,1H3,(H2,14,16). The Labute approximate surface area is 104 Å². The van der Waals surface area contributed by atoms with Gasteiger partial charge in [-0.3, -0.25) is 9.69 Å². The molecule has 0 saturated carbocycles. The predicted molar refractivity (Wildman–Crippen MR) is 70.0 cm³/mol. The molecule has 3 rings (SSSR count). The van der Waals surface area contributed by atoms with E-state index in [1.54, 1.807) is 7.05 Å². The minimum atomic E-state index is -0.173. The Morgan fingerprint density at radius 3 is 3.06 bits per heavy atom. The molecule has 1 amide bonds. The number of aliphatic imine (C=N–C) groups is 1. The van der Waals surface area contributed by atoms with Crippen LogP contribution in [-0.4, -0.2) is 28.8 Å². The van der Waals surface area contributed by atoms with Gasteiger partial charge < -0.3 is 10.7 Å². The van der Waals surface area contributed by atoms with Crippen LogP contribution in [0.4, 0.5) is 0 Å². The molecule has 1 aromatic carbocycles. The molecule has 2 heterocycles. The fourth-order valence-corrected chi connectivity index (χ4v) is 2.19. The maximum absolute atomic E-state index is 11.8. The second kappa shape index (κ2) is 3.87. The minimum Gasteiger partial charge on any atom is -0.369 e. The van der Waals surface area contributed by atoms with E-state index in [9.17, 15) is 4.79 Å². The molecule has 1 aromatic heterocycles. The van der Waals surface area contributed by atoms with Gasteiger partial charge >= 0.3 is 0 Å². The van der Waals surface area contributed by atoms with Gasteiger partial charge in [0, 0.05) is 18.8 Å². The number of aromatic nitrogens is 1. The maximum Gasteiger partial charge on any atom is 0.231 e. The zero-order valence-corrected chi connectivity index (χ0v) is 10.1. The first-order chi connectivity index (χ1) is 8.65. The van der Waals surface area contributed by atoms with Crippen molar-refractivity contribution in [3.05, 3.63) is 36.0 Å². The molecule has 0 fully saturated rings. The average Bonchev–Trinajstić information content (AvgIpc) is 2.82. The molecule has 92 valence electrons. The molecule has 0 spiro atoms. The van der Waals surface area contributed by atoms with Gasteiger partial charge in [0.2, 0.25) is 5.91 Å². The highest BCUT2D eigenvalue weighted by Crippen LogP contribution is 2.27. The van der Waals surface area contributed by atoms with Crippen molar-refractivity contribution in [2.75, 3.05) is 7.05 Å². The predicted octanol–water partition coefficient (Wildman–Crippen LogP) is 1.39. The van der Waals surface area contributed by atoms with Crippen molar-refractivity contribution in [3.63, 3.8) is 0 Å². The number of benzene rings is 1. The summed E-state index contributed by atoms with van der Waals surface area (Å²) in [6, 6.07) is 7.86. The van der Waals surface area contributed by atoms with Gasteiger partial charge in [-0.1, -0.05) is 6.07 Å². The van der Waals surface area contributed by atoms with Gasteiger partial charge in [-0.05, 0) is 29.1 Å². The van der Waals surface area contributed by atoms with Gasteiger partial charge in [-0.25, -0.2) is 4.99 Å². The van der Waals surface area contributed by atoms with Crippen molar-refractivity contribution in [2.24, 2.45) is 10.7 Å². The lowest BCUT2D eigenvalue weighted by Gasteiger charge is -2.25. The molecule has 0 saturated heterocycles. The average molecular weight is 242 g/mol. The van der Waals surface area contributed by atoms with Gasteiger partial charge in [0.25, 0.3) is 0 Å². The lowest BCUT2D eigenvalue weighted by molar-refractivity contribution is -0.127. The van der Waals surface area contributed by atoms with E-state index in [-0.39, 0.29) is 17.9 Å². The molecule has 2 aromatic rings. The fraction of sp³-hybridized carbons (Fsp3) is 0.231. The summed E-state index contributed by atoms with van der Waals surface area (Å²) in [6.45, 7) is 0. The highest BCUT2D eigenvalue weighted by molar-refractivity contribution is 5.98. The molecular weight excluding hydrogens is 228 g/mol. The number of hydrogen-bond acceptors (Lipinski definition) is 3. The summed E-state index contributed by atoms with van der Waals surface area (Å²) in [5.41, 5.74) is 7.84. The van der Waals surface area contributed by atoms with Gasteiger partial charge in [0.1, 0.15) is 0 Å². The lowest BCUT2D eigenvalue weighted by Crippen LogP contribution is -2.42. The largest absolute Gasteiger partial charge is 0.369 e. The van der Waals surface area contributed by atoms with Crippen molar-refractivity contribution in [1.29, 1.82) is 0 Å². The molecule has 0 bridgehead atoms. The Morgan fingerprint density at radius 1 is 1.44 bits per heavy atom. The summed E-state index contributed by atoms with van der Waals surface area (Å²) in [7, 11) is 1.65. The SMILES string of the molecule is CN1C(=O)CC(c2ccc3[nH]ccc3c2)N=C1N. The van der Waals surface area contributed by atoms with E-state index in [4.69, 9.17) is 5.73 Å². The normalized spacial score (nSPS) is 20.3. The van der Waals surface area contributed by atoms with Crippen molar-refractivity contribution in [1.82, 2.24) is 9.88 Å². The summed E-state index contributed by atoms with van der Waals surface area (Å²) in [4.78, 5) is 20.7. The summed E-state index contributed by atoms with van der Waals surface area (Å²) >= 11 is 0. The third-order valence-electron chi connectivity index (χ3n) is 3.34. The zero-order valence-electron chi connectivity index (χ0n) is 10.1. The first-order valence-electron chi connectivity index (χ1n) is 5.82. The number of fused-ring (bicyclic) bond motifs is 1. The Bertz CT molecular complexity index is 643. The molecule has 5 heteroatoms. The number of rotatable bonds is 1. The van der Waals surface area contributed by atoms with Crippen molar-refractivity contribution in [2.45, 2.75) is 12.5 Å². The van der Waals surface area contributed by atoms with Gasteiger partial charge in [0.15, 0.2) is 5.96 Å². The van der Waals surface area contributed by atoms with Crippen molar-refractivity contribution < 1.29 is 4.79 Å². The van der Waals surface area contributed by atoms with Crippen LogP contribution in [0.2, 0.25) is 0 Å². The molecule has 18 heavy (non-hydrogen) atoms. The van der Waals surface area contributed by atoms with Crippen LogP contribution >= 0.6 is 0 Å². The number of nitrogens with one attached hydrogen (secondary N) is 1. The summed E-state index contributed by atoms with van der Waals surface area (Å²) in [5.74, 6) is 0.284. The Kier molecular flexibility index (Phi) is 2.33. The Balaban J connectivity index is 2.01. The minimum absolute atomic E-state index is 0.00154. The topological polar surface area (TPSA) is 74.5 Å². The van der Waals surface area contributed by atoms with Crippen LogP contribution in [0, 0.1) is 0 Å². The number of H-pyrrole nitrogens is 1. The molecule has 5 nitrogen and oxygen atoms in total. The number of nitrogens with two attached hydrogens (primary N) is 1. The van der Waals surface area contributed by atoms with Crippen LogP contribution in [0.1, 0.15) is 18.0 Å². The van der Waals surface area contributed by atoms with E-state index in [1.807, 2.05) is 30.5 Å². The second-order valence-electron chi connectivity index (χ2n) is 4.48.